The molecule has 2 saturated heterocycles. The van der Waals surface area contributed by atoms with Crippen LogP contribution in [0.15, 0.2) is 30.5 Å². The summed E-state index contributed by atoms with van der Waals surface area (Å²) in [7, 11) is 0. The molecule has 5 nitrogen and oxygen atoms in total. The van der Waals surface area contributed by atoms with Crippen LogP contribution in [0.5, 0.6) is 0 Å². The van der Waals surface area contributed by atoms with Gasteiger partial charge in [-0.1, -0.05) is 0 Å². The van der Waals surface area contributed by atoms with Gasteiger partial charge in [0.25, 0.3) is 5.91 Å². The van der Waals surface area contributed by atoms with E-state index in [1.165, 1.54) is 0 Å². The first kappa shape index (κ1) is 12.9. The monoisotopic (exact) mass is 286 g/mol. The Morgan fingerprint density at radius 1 is 1.14 bits per heavy atom. The number of benzene rings is 1. The zero-order chi connectivity index (χ0) is 14.3. The average Bonchev–Trinajstić information content (AvgIpc) is 3.16. The third-order valence-electron chi connectivity index (χ3n) is 4.43. The van der Waals surface area contributed by atoms with Gasteiger partial charge < -0.3 is 19.4 Å². The van der Waals surface area contributed by atoms with E-state index in [-0.39, 0.29) is 5.91 Å². The minimum atomic E-state index is -0.429. The number of aromatic nitrogens is 1. The smallest absolute Gasteiger partial charge is 0.253 e. The Hall–Kier alpha value is -1.85. The maximum absolute atomic E-state index is 12.6. The summed E-state index contributed by atoms with van der Waals surface area (Å²) in [6, 6.07) is 7.77. The Labute approximate surface area is 122 Å². The predicted octanol–water partition coefficient (Wildman–Crippen LogP) is 2.15. The normalized spacial score (nSPS) is 21.2. The van der Waals surface area contributed by atoms with Crippen LogP contribution in [0.1, 0.15) is 23.2 Å². The van der Waals surface area contributed by atoms with Crippen LogP contribution in [-0.4, -0.2) is 47.9 Å². The predicted molar refractivity (Wildman–Crippen MR) is 78.1 cm³/mol. The first-order chi connectivity index (χ1) is 10.3. The van der Waals surface area contributed by atoms with Crippen molar-refractivity contribution in [3.63, 3.8) is 0 Å². The van der Waals surface area contributed by atoms with E-state index in [0.29, 0.717) is 26.3 Å². The van der Waals surface area contributed by atoms with Gasteiger partial charge >= 0.3 is 0 Å². The van der Waals surface area contributed by atoms with Crippen LogP contribution in [0.25, 0.3) is 10.9 Å². The number of H-pyrrole nitrogens is 1. The summed E-state index contributed by atoms with van der Waals surface area (Å²) in [5.41, 5.74) is 1.79. The molecule has 1 aromatic heterocycles. The molecule has 2 aromatic rings. The van der Waals surface area contributed by atoms with Crippen LogP contribution in [0.3, 0.4) is 0 Å². The summed E-state index contributed by atoms with van der Waals surface area (Å²) in [5.74, 6) is -0.340. The summed E-state index contributed by atoms with van der Waals surface area (Å²) in [4.78, 5) is 17.6. The number of hydrogen-bond donors (Lipinski definition) is 1. The number of fused-ring (bicyclic) bond motifs is 1. The largest absolute Gasteiger partial charge is 0.361 e. The minimum Gasteiger partial charge on any atom is -0.361 e. The molecule has 110 valence electrons. The molecular formula is C16H18N2O3. The Morgan fingerprint density at radius 2 is 1.90 bits per heavy atom. The number of carbonyl (C=O) groups excluding carboxylic acids is 1. The number of amides is 1. The Bertz CT molecular complexity index is 663. The van der Waals surface area contributed by atoms with Gasteiger partial charge in [0.05, 0.1) is 13.2 Å². The summed E-state index contributed by atoms with van der Waals surface area (Å²) in [6.45, 7) is 2.70. The van der Waals surface area contributed by atoms with E-state index < -0.39 is 5.79 Å². The van der Waals surface area contributed by atoms with Crippen molar-refractivity contribution in [2.75, 3.05) is 26.3 Å². The van der Waals surface area contributed by atoms with Crippen LogP contribution in [0.2, 0.25) is 0 Å². The highest BCUT2D eigenvalue weighted by atomic mass is 16.7. The van der Waals surface area contributed by atoms with Gasteiger partial charge in [0, 0.05) is 48.6 Å². The number of hydrogen-bond acceptors (Lipinski definition) is 3. The molecule has 0 atom stereocenters. The van der Waals surface area contributed by atoms with Gasteiger partial charge in [-0.2, -0.15) is 0 Å². The first-order valence-corrected chi connectivity index (χ1v) is 7.40. The van der Waals surface area contributed by atoms with Crippen molar-refractivity contribution < 1.29 is 14.3 Å². The first-order valence-electron chi connectivity index (χ1n) is 7.40. The molecule has 2 aliphatic heterocycles. The molecular weight excluding hydrogens is 268 g/mol. The molecule has 3 heterocycles. The SMILES string of the molecule is O=C(c1ccc2[nH]ccc2c1)N1CCC2(CC1)OCCO2. The van der Waals surface area contributed by atoms with E-state index in [9.17, 15) is 4.79 Å². The maximum atomic E-state index is 12.6. The summed E-state index contributed by atoms with van der Waals surface area (Å²) >= 11 is 0. The van der Waals surface area contributed by atoms with Crippen molar-refractivity contribution in [3.05, 3.63) is 36.0 Å². The Morgan fingerprint density at radius 3 is 2.67 bits per heavy atom. The highest BCUT2D eigenvalue weighted by Gasteiger charge is 2.40. The molecule has 0 radical (unpaired) electrons. The van der Waals surface area contributed by atoms with E-state index in [1.54, 1.807) is 0 Å². The van der Waals surface area contributed by atoms with Crippen molar-refractivity contribution in [2.45, 2.75) is 18.6 Å². The minimum absolute atomic E-state index is 0.0888. The third-order valence-corrected chi connectivity index (χ3v) is 4.43. The Balaban J connectivity index is 1.50. The maximum Gasteiger partial charge on any atom is 0.253 e. The molecule has 2 fully saturated rings. The molecule has 1 spiro atoms. The van der Waals surface area contributed by atoms with E-state index in [2.05, 4.69) is 4.98 Å². The van der Waals surface area contributed by atoms with Gasteiger partial charge in [-0.25, -0.2) is 0 Å². The van der Waals surface area contributed by atoms with Crippen molar-refractivity contribution in [1.29, 1.82) is 0 Å². The molecule has 1 amide bonds. The average molecular weight is 286 g/mol. The number of nitrogens with zero attached hydrogens (tertiary/aromatic N) is 1. The van der Waals surface area contributed by atoms with Gasteiger partial charge in [0.2, 0.25) is 0 Å². The van der Waals surface area contributed by atoms with Crippen LogP contribution in [0.4, 0.5) is 0 Å². The summed E-state index contributed by atoms with van der Waals surface area (Å²) in [6.07, 6.45) is 3.40. The third kappa shape index (κ3) is 2.22. The topological polar surface area (TPSA) is 54.6 Å². The van der Waals surface area contributed by atoms with Gasteiger partial charge in [0.1, 0.15) is 0 Å². The fraction of sp³-hybridized carbons (Fsp3) is 0.438. The van der Waals surface area contributed by atoms with Crippen LogP contribution in [0, 0.1) is 0 Å². The van der Waals surface area contributed by atoms with Crippen molar-refractivity contribution >= 4 is 16.8 Å². The van der Waals surface area contributed by atoms with E-state index in [0.717, 1.165) is 29.3 Å². The quantitative estimate of drug-likeness (QED) is 0.874. The van der Waals surface area contributed by atoms with Gasteiger partial charge in [-0.3, -0.25) is 4.79 Å². The molecule has 1 N–H and O–H groups in total. The molecule has 0 aliphatic carbocycles. The zero-order valence-electron chi connectivity index (χ0n) is 11.8. The second-order valence-corrected chi connectivity index (χ2v) is 5.68. The highest BCUT2D eigenvalue weighted by molar-refractivity contribution is 5.98. The second kappa shape index (κ2) is 4.86. The molecule has 0 saturated carbocycles. The lowest BCUT2D eigenvalue weighted by Gasteiger charge is -2.37. The lowest BCUT2D eigenvalue weighted by atomic mass is 10.0. The van der Waals surface area contributed by atoms with E-state index in [4.69, 9.17) is 9.47 Å². The fourth-order valence-electron chi connectivity index (χ4n) is 3.21. The Kier molecular flexibility index (Phi) is 2.97. The van der Waals surface area contributed by atoms with Gasteiger partial charge in [0.15, 0.2) is 5.79 Å². The van der Waals surface area contributed by atoms with E-state index in [1.807, 2.05) is 35.4 Å². The van der Waals surface area contributed by atoms with Crippen molar-refractivity contribution in [2.24, 2.45) is 0 Å². The zero-order valence-corrected chi connectivity index (χ0v) is 11.8. The van der Waals surface area contributed by atoms with Crippen molar-refractivity contribution in [3.8, 4) is 0 Å². The molecule has 21 heavy (non-hydrogen) atoms. The molecule has 4 rings (SSSR count). The number of likely N-dealkylation sites (tertiary alicyclic amines) is 1. The number of ether oxygens (including phenoxy) is 2. The highest BCUT2D eigenvalue weighted by Crippen LogP contribution is 2.31. The standard InChI is InChI=1S/C16H18N2O3/c19-15(13-1-2-14-12(11-13)3-6-17-14)18-7-4-16(5-8-18)20-9-10-21-16/h1-3,6,11,17H,4-5,7-10H2. The number of aromatic amines is 1. The lowest BCUT2D eigenvalue weighted by molar-refractivity contribution is -0.181. The lowest BCUT2D eigenvalue weighted by Crippen LogP contribution is -2.47. The summed E-state index contributed by atoms with van der Waals surface area (Å²) in [5, 5.41) is 1.07. The van der Waals surface area contributed by atoms with E-state index >= 15 is 0 Å². The van der Waals surface area contributed by atoms with Crippen LogP contribution in [-0.2, 0) is 9.47 Å². The molecule has 1 aromatic carbocycles. The molecule has 5 heteroatoms. The molecule has 2 aliphatic rings. The van der Waals surface area contributed by atoms with Gasteiger partial charge in [-0.15, -0.1) is 0 Å². The van der Waals surface area contributed by atoms with Gasteiger partial charge in [-0.05, 0) is 24.3 Å². The number of nitrogens with one attached hydrogen (secondary N) is 1. The van der Waals surface area contributed by atoms with Crippen LogP contribution >= 0.6 is 0 Å². The second-order valence-electron chi connectivity index (χ2n) is 5.68. The number of carbonyl (C=O) groups is 1. The molecule has 0 bridgehead atoms. The van der Waals surface area contributed by atoms with Crippen LogP contribution < -0.4 is 0 Å². The summed E-state index contributed by atoms with van der Waals surface area (Å²) < 4.78 is 11.4. The molecule has 0 unspecified atom stereocenters. The number of piperidine rings is 1. The van der Waals surface area contributed by atoms with Crippen molar-refractivity contribution in [1.82, 2.24) is 9.88 Å². The number of rotatable bonds is 1. The fourth-order valence-corrected chi connectivity index (χ4v) is 3.21.